The maximum atomic E-state index is 9.54. The molecule has 4 heteroatoms. The van der Waals surface area contributed by atoms with E-state index in [0.717, 1.165) is 0 Å². The number of aliphatic hydroxyl groups is 3. The van der Waals surface area contributed by atoms with Gasteiger partial charge in [0.2, 0.25) is 6.29 Å². The third kappa shape index (κ3) is 1.27. The summed E-state index contributed by atoms with van der Waals surface area (Å²) in [5, 5.41) is 28.0. The lowest BCUT2D eigenvalue weighted by atomic mass is 9.88. The Morgan fingerprint density at radius 1 is 1.38 bits per heavy atom. The second-order valence-electron chi connectivity index (χ2n) is 3.35. The van der Waals surface area contributed by atoms with Gasteiger partial charge in [-0.3, -0.25) is 0 Å². The number of hydrogen-bond acceptors (Lipinski definition) is 4. The molecule has 4 nitrogen and oxygen atoms in total. The van der Waals surface area contributed by atoms with Crippen molar-refractivity contribution in [2.75, 3.05) is 6.61 Å². The highest BCUT2D eigenvalue weighted by atomic mass is 16.6. The molecule has 13 heavy (non-hydrogen) atoms. The molecule has 1 aliphatic heterocycles. The number of aliphatic hydroxyl groups excluding tert-OH is 3. The smallest absolute Gasteiger partial charge is 0.203 e. The molecule has 0 fully saturated rings. The molecule has 0 bridgehead atoms. The highest BCUT2D eigenvalue weighted by Gasteiger charge is 2.41. The van der Waals surface area contributed by atoms with Crippen LogP contribution in [0.5, 0.6) is 0 Å². The van der Waals surface area contributed by atoms with Crippen molar-refractivity contribution in [3.8, 4) is 0 Å². The van der Waals surface area contributed by atoms with Gasteiger partial charge >= 0.3 is 0 Å². The van der Waals surface area contributed by atoms with Gasteiger partial charge in [0.15, 0.2) is 0 Å². The van der Waals surface area contributed by atoms with Crippen LogP contribution >= 0.6 is 0 Å². The molecule has 0 aromatic carbocycles. The molecule has 4 atom stereocenters. The van der Waals surface area contributed by atoms with Crippen LogP contribution in [0.4, 0.5) is 0 Å². The van der Waals surface area contributed by atoms with Gasteiger partial charge < -0.3 is 20.1 Å². The van der Waals surface area contributed by atoms with Crippen LogP contribution in [0.25, 0.3) is 0 Å². The number of rotatable bonds is 1. The van der Waals surface area contributed by atoms with E-state index in [9.17, 15) is 10.2 Å². The van der Waals surface area contributed by atoms with E-state index in [4.69, 9.17) is 9.84 Å². The molecular formula is C9H12O4. The lowest BCUT2D eigenvalue weighted by Gasteiger charge is -2.29. The summed E-state index contributed by atoms with van der Waals surface area (Å²) in [7, 11) is 0. The standard InChI is InChI=1S/C9H12O4/c10-4-5-3-7(11)6-1-2-13-9(12)8(5)6/h1-3,6-12H,4H2/t6-,7+,8+,9+/m1/s1. The molecule has 2 aliphatic rings. The fourth-order valence-corrected chi connectivity index (χ4v) is 1.97. The maximum Gasteiger partial charge on any atom is 0.203 e. The van der Waals surface area contributed by atoms with Crippen LogP contribution in [0, 0.1) is 11.8 Å². The Hall–Kier alpha value is -0.840. The molecule has 0 saturated heterocycles. The summed E-state index contributed by atoms with van der Waals surface area (Å²) in [6.45, 7) is -0.146. The fourth-order valence-electron chi connectivity index (χ4n) is 1.97. The Balaban J connectivity index is 2.27. The van der Waals surface area contributed by atoms with Crippen molar-refractivity contribution in [1.29, 1.82) is 0 Å². The van der Waals surface area contributed by atoms with E-state index in [-0.39, 0.29) is 18.4 Å². The molecule has 1 aliphatic carbocycles. The molecule has 3 N–H and O–H groups in total. The molecule has 0 aromatic heterocycles. The van der Waals surface area contributed by atoms with Crippen molar-refractivity contribution in [3.05, 3.63) is 24.0 Å². The summed E-state index contributed by atoms with van der Waals surface area (Å²) >= 11 is 0. The van der Waals surface area contributed by atoms with Crippen LogP contribution in [0.15, 0.2) is 24.0 Å². The first-order valence-electron chi connectivity index (χ1n) is 4.23. The van der Waals surface area contributed by atoms with Crippen molar-refractivity contribution in [1.82, 2.24) is 0 Å². The maximum absolute atomic E-state index is 9.54. The largest absolute Gasteiger partial charge is 0.472 e. The Bertz CT molecular complexity index is 258. The predicted octanol–water partition coefficient (Wildman–Crippen LogP) is -0.626. The van der Waals surface area contributed by atoms with Crippen molar-refractivity contribution in [3.63, 3.8) is 0 Å². The molecule has 0 saturated carbocycles. The number of ether oxygens (including phenoxy) is 1. The fraction of sp³-hybridized carbons (Fsp3) is 0.556. The van der Waals surface area contributed by atoms with Crippen molar-refractivity contribution in [2.24, 2.45) is 11.8 Å². The van der Waals surface area contributed by atoms with Crippen LogP contribution in [-0.4, -0.2) is 34.3 Å². The normalized spacial score (nSPS) is 42.5. The van der Waals surface area contributed by atoms with Crippen LogP contribution in [0.1, 0.15) is 0 Å². The van der Waals surface area contributed by atoms with Gasteiger partial charge in [0.05, 0.1) is 24.9 Å². The van der Waals surface area contributed by atoms with Crippen molar-refractivity contribution in [2.45, 2.75) is 12.4 Å². The molecule has 72 valence electrons. The van der Waals surface area contributed by atoms with Crippen LogP contribution in [-0.2, 0) is 4.74 Å². The Kier molecular flexibility index (Phi) is 2.11. The average Bonchev–Trinajstić information content (AvgIpc) is 2.45. The van der Waals surface area contributed by atoms with Gasteiger partial charge in [-0.05, 0) is 11.6 Å². The zero-order valence-corrected chi connectivity index (χ0v) is 7.00. The minimum atomic E-state index is -0.953. The number of fused-ring (bicyclic) bond motifs is 1. The Morgan fingerprint density at radius 3 is 2.85 bits per heavy atom. The van der Waals surface area contributed by atoms with Gasteiger partial charge in [-0.1, -0.05) is 6.08 Å². The lowest BCUT2D eigenvalue weighted by molar-refractivity contribution is -0.108. The van der Waals surface area contributed by atoms with E-state index in [1.807, 2.05) is 0 Å². The molecule has 0 aromatic rings. The first-order valence-corrected chi connectivity index (χ1v) is 4.23. The molecule has 0 amide bonds. The zero-order valence-electron chi connectivity index (χ0n) is 7.00. The molecule has 0 unspecified atom stereocenters. The molecule has 2 rings (SSSR count). The van der Waals surface area contributed by atoms with E-state index in [2.05, 4.69) is 0 Å². The summed E-state index contributed by atoms with van der Waals surface area (Å²) in [5.74, 6) is -0.462. The lowest BCUT2D eigenvalue weighted by Crippen LogP contribution is -2.34. The monoisotopic (exact) mass is 184 g/mol. The van der Waals surface area contributed by atoms with E-state index in [1.54, 1.807) is 12.2 Å². The topological polar surface area (TPSA) is 69.9 Å². The second-order valence-corrected chi connectivity index (χ2v) is 3.35. The Labute approximate surface area is 75.8 Å². The molecule has 1 heterocycles. The van der Waals surface area contributed by atoms with Gasteiger partial charge in [0.1, 0.15) is 0 Å². The van der Waals surface area contributed by atoms with E-state index >= 15 is 0 Å². The average molecular weight is 184 g/mol. The quantitative estimate of drug-likeness (QED) is 0.475. The summed E-state index contributed by atoms with van der Waals surface area (Å²) in [5.41, 5.74) is 0.648. The first-order chi connectivity index (χ1) is 6.24. The van der Waals surface area contributed by atoms with E-state index in [0.29, 0.717) is 5.57 Å². The summed E-state index contributed by atoms with van der Waals surface area (Å²) < 4.78 is 4.88. The highest BCUT2D eigenvalue weighted by molar-refractivity contribution is 5.25. The van der Waals surface area contributed by atoms with Gasteiger partial charge in [0, 0.05) is 5.92 Å². The van der Waals surface area contributed by atoms with Gasteiger partial charge in [0.25, 0.3) is 0 Å². The minimum absolute atomic E-state index is 0.146. The summed E-state index contributed by atoms with van der Waals surface area (Å²) in [6.07, 6.45) is 3.11. The van der Waals surface area contributed by atoms with Gasteiger partial charge in [-0.25, -0.2) is 0 Å². The van der Waals surface area contributed by atoms with Crippen molar-refractivity contribution < 1.29 is 20.1 Å². The third-order valence-electron chi connectivity index (χ3n) is 2.63. The zero-order chi connectivity index (χ0) is 9.42. The first kappa shape index (κ1) is 8.74. The molecule has 0 spiro atoms. The molecule has 0 radical (unpaired) electrons. The molecular weight excluding hydrogens is 172 g/mol. The summed E-state index contributed by atoms with van der Waals surface area (Å²) in [4.78, 5) is 0. The van der Waals surface area contributed by atoms with Gasteiger partial charge in [-0.2, -0.15) is 0 Å². The Morgan fingerprint density at radius 2 is 2.15 bits per heavy atom. The SMILES string of the molecule is OCC1=C[C@H](O)[C@H]2C=CO[C@H](O)[C@@H]12. The van der Waals surface area contributed by atoms with Crippen molar-refractivity contribution >= 4 is 0 Å². The number of hydrogen-bond donors (Lipinski definition) is 3. The van der Waals surface area contributed by atoms with Gasteiger partial charge in [-0.15, -0.1) is 0 Å². The van der Waals surface area contributed by atoms with Crippen LogP contribution < -0.4 is 0 Å². The van der Waals surface area contributed by atoms with Crippen LogP contribution in [0.3, 0.4) is 0 Å². The highest BCUT2D eigenvalue weighted by Crippen LogP contribution is 2.38. The van der Waals surface area contributed by atoms with E-state index in [1.165, 1.54) is 6.26 Å². The summed E-state index contributed by atoms with van der Waals surface area (Å²) in [6, 6.07) is 0. The van der Waals surface area contributed by atoms with E-state index < -0.39 is 12.4 Å². The minimum Gasteiger partial charge on any atom is -0.472 e. The third-order valence-corrected chi connectivity index (χ3v) is 2.63. The second kappa shape index (κ2) is 3.14. The predicted molar refractivity (Wildman–Crippen MR) is 44.4 cm³/mol. The van der Waals surface area contributed by atoms with Crippen LogP contribution in [0.2, 0.25) is 0 Å².